The number of benzene rings is 1. The number of rotatable bonds is 3. The van der Waals surface area contributed by atoms with E-state index < -0.39 is 6.04 Å². The van der Waals surface area contributed by atoms with E-state index in [2.05, 4.69) is 9.69 Å². The monoisotopic (exact) mass is 397 g/mol. The minimum absolute atomic E-state index is 0.145. The predicted molar refractivity (Wildman–Crippen MR) is 101 cm³/mol. The molecule has 0 unspecified atom stereocenters. The number of anilines is 1. The van der Waals surface area contributed by atoms with Gasteiger partial charge in [-0.3, -0.25) is 9.59 Å². The van der Waals surface area contributed by atoms with Crippen molar-refractivity contribution >= 4 is 52.2 Å². The third-order valence-electron chi connectivity index (χ3n) is 4.24. The minimum Gasteiger partial charge on any atom is -0.327 e. The molecule has 2 aromatic rings. The van der Waals surface area contributed by atoms with Crippen LogP contribution in [-0.4, -0.2) is 33.7 Å². The number of piperidine rings is 1. The molecule has 1 N–H and O–H groups in total. The van der Waals surface area contributed by atoms with Gasteiger partial charge in [0, 0.05) is 16.9 Å². The summed E-state index contributed by atoms with van der Waals surface area (Å²) in [6.07, 6.45) is 2.41. The van der Waals surface area contributed by atoms with Gasteiger partial charge >= 0.3 is 0 Å². The molecule has 0 aliphatic carbocycles. The smallest absolute Gasteiger partial charge is 0.257 e. The summed E-state index contributed by atoms with van der Waals surface area (Å²) in [4.78, 5) is 27.2. The number of carbonyl (C=O) groups is 2. The molecule has 1 fully saturated rings. The first-order chi connectivity index (χ1) is 12.0. The standard InChI is InChI=1S/C17H17Cl2N3O2S/c1-10-12(9-25-21-10)17(24)22-7-3-2-4-15(22)16(23)20-14-6-5-11(18)8-13(14)19/h5-6,8-9,15H,2-4,7H2,1H3,(H,20,23)/t15-/m1/s1. The molecule has 2 heterocycles. The first-order valence-electron chi connectivity index (χ1n) is 7.95. The second-order valence-corrected chi connectivity index (χ2v) is 7.41. The summed E-state index contributed by atoms with van der Waals surface area (Å²) in [7, 11) is 0. The minimum atomic E-state index is -0.521. The quantitative estimate of drug-likeness (QED) is 0.834. The van der Waals surface area contributed by atoms with Crippen LogP contribution in [0.1, 0.15) is 35.3 Å². The topological polar surface area (TPSA) is 62.3 Å². The van der Waals surface area contributed by atoms with Crippen molar-refractivity contribution in [1.29, 1.82) is 0 Å². The Morgan fingerprint density at radius 1 is 1.32 bits per heavy atom. The highest BCUT2D eigenvalue weighted by atomic mass is 35.5. The molecule has 1 atom stereocenters. The van der Waals surface area contributed by atoms with Crippen molar-refractivity contribution in [2.24, 2.45) is 0 Å². The maximum Gasteiger partial charge on any atom is 0.257 e. The molecule has 1 aromatic heterocycles. The fraction of sp³-hybridized carbons (Fsp3) is 0.353. The number of nitrogens with zero attached hydrogens (tertiary/aromatic N) is 2. The zero-order valence-corrected chi connectivity index (χ0v) is 15.9. The number of likely N-dealkylation sites (tertiary alicyclic amines) is 1. The fourth-order valence-corrected chi connectivity index (χ4v) is 4.05. The van der Waals surface area contributed by atoms with Gasteiger partial charge in [-0.05, 0) is 55.9 Å². The van der Waals surface area contributed by atoms with Crippen LogP contribution in [0.25, 0.3) is 0 Å². The highest BCUT2D eigenvalue weighted by Crippen LogP contribution is 2.27. The molecule has 1 aliphatic heterocycles. The number of amides is 2. The maximum atomic E-state index is 12.8. The molecular weight excluding hydrogens is 381 g/mol. The lowest BCUT2D eigenvalue weighted by atomic mass is 10.00. The lowest BCUT2D eigenvalue weighted by Crippen LogP contribution is -2.50. The van der Waals surface area contributed by atoms with Gasteiger partial charge in [-0.15, -0.1) is 0 Å². The van der Waals surface area contributed by atoms with E-state index in [0.717, 1.165) is 12.8 Å². The SMILES string of the molecule is Cc1nscc1C(=O)N1CCCC[C@@H]1C(=O)Nc1ccc(Cl)cc1Cl. The Balaban J connectivity index is 1.79. The third kappa shape index (κ3) is 3.97. The van der Waals surface area contributed by atoms with Gasteiger partial charge in [-0.2, -0.15) is 4.37 Å². The highest BCUT2D eigenvalue weighted by molar-refractivity contribution is 7.03. The van der Waals surface area contributed by atoms with Crippen molar-refractivity contribution in [1.82, 2.24) is 9.27 Å². The molecule has 132 valence electrons. The fourth-order valence-electron chi connectivity index (χ4n) is 2.91. The van der Waals surface area contributed by atoms with E-state index in [1.54, 1.807) is 35.4 Å². The number of nitrogens with one attached hydrogen (secondary N) is 1. The van der Waals surface area contributed by atoms with Crippen LogP contribution in [-0.2, 0) is 4.79 Å². The van der Waals surface area contributed by atoms with Crippen molar-refractivity contribution in [3.63, 3.8) is 0 Å². The average Bonchev–Trinajstić information content (AvgIpc) is 3.02. The van der Waals surface area contributed by atoms with Gasteiger partial charge in [-0.25, -0.2) is 0 Å². The van der Waals surface area contributed by atoms with Crippen molar-refractivity contribution in [3.8, 4) is 0 Å². The van der Waals surface area contributed by atoms with Crippen molar-refractivity contribution in [2.45, 2.75) is 32.2 Å². The normalized spacial score (nSPS) is 17.4. The van der Waals surface area contributed by atoms with E-state index in [4.69, 9.17) is 23.2 Å². The van der Waals surface area contributed by atoms with Gasteiger partial charge in [-0.1, -0.05) is 23.2 Å². The van der Waals surface area contributed by atoms with E-state index in [-0.39, 0.29) is 11.8 Å². The third-order valence-corrected chi connectivity index (χ3v) is 5.50. The van der Waals surface area contributed by atoms with Crippen LogP contribution in [0.15, 0.2) is 23.6 Å². The lowest BCUT2D eigenvalue weighted by Gasteiger charge is -2.34. The number of aryl methyl sites for hydroxylation is 1. The van der Waals surface area contributed by atoms with Gasteiger partial charge in [0.25, 0.3) is 5.91 Å². The van der Waals surface area contributed by atoms with E-state index in [1.165, 1.54) is 11.5 Å². The van der Waals surface area contributed by atoms with Crippen LogP contribution < -0.4 is 5.32 Å². The molecule has 1 aromatic carbocycles. The van der Waals surface area contributed by atoms with Gasteiger partial charge in [0.2, 0.25) is 5.91 Å². The molecule has 0 radical (unpaired) electrons. The van der Waals surface area contributed by atoms with Gasteiger partial charge in [0.1, 0.15) is 6.04 Å². The number of hydrogen-bond donors (Lipinski definition) is 1. The van der Waals surface area contributed by atoms with Gasteiger partial charge in [0.05, 0.1) is 22.0 Å². The molecule has 25 heavy (non-hydrogen) atoms. The molecule has 8 heteroatoms. The van der Waals surface area contributed by atoms with Gasteiger partial charge in [0.15, 0.2) is 0 Å². The Kier molecular flexibility index (Phi) is 5.61. The van der Waals surface area contributed by atoms with E-state index in [1.807, 2.05) is 0 Å². The predicted octanol–water partition coefficient (Wildman–Crippen LogP) is 4.39. The summed E-state index contributed by atoms with van der Waals surface area (Å²) < 4.78 is 4.15. The zero-order valence-electron chi connectivity index (χ0n) is 13.6. The summed E-state index contributed by atoms with van der Waals surface area (Å²) >= 11 is 13.3. The zero-order chi connectivity index (χ0) is 18.0. The number of hydrogen-bond acceptors (Lipinski definition) is 4. The Morgan fingerprint density at radius 2 is 2.12 bits per heavy atom. The first-order valence-corrected chi connectivity index (χ1v) is 9.54. The second kappa shape index (κ2) is 7.72. The largest absolute Gasteiger partial charge is 0.327 e. The van der Waals surface area contributed by atoms with E-state index >= 15 is 0 Å². The summed E-state index contributed by atoms with van der Waals surface area (Å²) in [6, 6.07) is 4.37. The molecule has 5 nitrogen and oxygen atoms in total. The van der Waals surface area contributed by atoms with Crippen molar-refractivity contribution in [2.75, 3.05) is 11.9 Å². The highest BCUT2D eigenvalue weighted by Gasteiger charge is 2.33. The molecule has 2 amide bonds. The average molecular weight is 398 g/mol. The maximum absolute atomic E-state index is 12.8. The Bertz CT molecular complexity index is 809. The Morgan fingerprint density at radius 3 is 2.80 bits per heavy atom. The van der Waals surface area contributed by atoms with Crippen LogP contribution in [0.5, 0.6) is 0 Å². The number of carbonyl (C=O) groups excluding carboxylic acids is 2. The molecule has 1 aliphatic rings. The van der Waals surface area contributed by atoms with Crippen molar-refractivity contribution in [3.05, 3.63) is 44.9 Å². The molecule has 1 saturated heterocycles. The molecule has 3 rings (SSSR count). The van der Waals surface area contributed by atoms with Crippen LogP contribution >= 0.6 is 34.7 Å². The summed E-state index contributed by atoms with van der Waals surface area (Å²) in [5, 5.41) is 5.41. The van der Waals surface area contributed by atoms with Crippen LogP contribution in [0.3, 0.4) is 0 Å². The van der Waals surface area contributed by atoms with Crippen LogP contribution in [0.2, 0.25) is 10.0 Å². The van der Waals surface area contributed by atoms with Crippen LogP contribution in [0.4, 0.5) is 5.69 Å². The Labute approximate surface area is 160 Å². The van der Waals surface area contributed by atoms with Crippen LogP contribution in [0, 0.1) is 6.92 Å². The van der Waals surface area contributed by atoms with Crippen molar-refractivity contribution < 1.29 is 9.59 Å². The molecule has 0 spiro atoms. The Hall–Kier alpha value is -1.63. The molecular formula is C17H17Cl2N3O2S. The van der Waals surface area contributed by atoms with Gasteiger partial charge < -0.3 is 10.2 Å². The lowest BCUT2D eigenvalue weighted by molar-refractivity contribution is -0.121. The summed E-state index contributed by atoms with van der Waals surface area (Å²) in [6.45, 7) is 2.36. The number of halogens is 2. The molecule has 0 bridgehead atoms. The summed E-state index contributed by atoms with van der Waals surface area (Å²) in [5.74, 6) is -0.383. The summed E-state index contributed by atoms with van der Waals surface area (Å²) in [5.41, 5.74) is 1.75. The number of aromatic nitrogens is 1. The van der Waals surface area contributed by atoms with E-state index in [0.29, 0.717) is 40.0 Å². The first kappa shape index (κ1) is 18.2. The second-order valence-electron chi connectivity index (χ2n) is 5.94. The molecule has 0 saturated carbocycles. The van der Waals surface area contributed by atoms with E-state index in [9.17, 15) is 9.59 Å².